The normalized spacial score (nSPS) is 21.0. The Morgan fingerprint density at radius 2 is 1.87 bits per heavy atom. The van der Waals surface area contributed by atoms with Crippen LogP contribution in [-0.4, -0.2) is 26.4 Å². The van der Waals surface area contributed by atoms with Crippen molar-refractivity contribution >= 4 is 46.5 Å². The Kier molecular flexibility index (Phi) is 4.80. The van der Waals surface area contributed by atoms with Crippen molar-refractivity contribution in [1.29, 1.82) is 5.41 Å². The minimum atomic E-state index is -0.188. The molecular formula is C16H16Cl2N4S. The number of rotatable bonds is 4. The first-order chi connectivity index (χ1) is 11.0. The molecule has 1 saturated heterocycles. The van der Waals surface area contributed by atoms with Crippen LogP contribution in [0.4, 0.5) is 5.69 Å². The van der Waals surface area contributed by atoms with Crippen LogP contribution in [0.15, 0.2) is 36.7 Å². The van der Waals surface area contributed by atoms with E-state index in [0.717, 1.165) is 24.1 Å². The molecular weight excluding hydrogens is 351 g/mol. The number of nitrogens with one attached hydrogen (secondary N) is 1. The molecule has 0 bridgehead atoms. The molecule has 2 aromatic heterocycles. The zero-order valence-corrected chi connectivity index (χ0v) is 14.9. The van der Waals surface area contributed by atoms with Gasteiger partial charge in [0.25, 0.3) is 0 Å². The molecule has 0 amide bonds. The molecule has 120 valence electrons. The van der Waals surface area contributed by atoms with Gasteiger partial charge >= 0.3 is 0 Å². The summed E-state index contributed by atoms with van der Waals surface area (Å²) in [6.07, 6.45) is 5.31. The standard InChI is InChI=1S/C16H16Cl2N4S/c1-16(7-6-11-2-4-13(17)20-8-11)22(15(19)10-23-16)12-3-5-14(18)21-9-12/h2-5,8-9,19H,6-7,10H2,1H3. The van der Waals surface area contributed by atoms with Crippen molar-refractivity contribution in [2.75, 3.05) is 10.7 Å². The van der Waals surface area contributed by atoms with Crippen molar-refractivity contribution in [2.45, 2.75) is 24.6 Å². The molecule has 2 aromatic rings. The fourth-order valence-electron chi connectivity index (χ4n) is 2.68. The van der Waals surface area contributed by atoms with Crippen LogP contribution in [0.25, 0.3) is 0 Å². The summed E-state index contributed by atoms with van der Waals surface area (Å²) in [6, 6.07) is 7.48. The maximum Gasteiger partial charge on any atom is 0.129 e. The number of aryl methyl sites for hydroxylation is 1. The molecule has 4 nitrogen and oxygen atoms in total. The van der Waals surface area contributed by atoms with Gasteiger partial charge in [0, 0.05) is 6.20 Å². The maximum absolute atomic E-state index is 8.28. The highest BCUT2D eigenvalue weighted by molar-refractivity contribution is 8.02. The van der Waals surface area contributed by atoms with E-state index < -0.39 is 0 Å². The van der Waals surface area contributed by atoms with Gasteiger partial charge in [-0.05, 0) is 43.5 Å². The minimum absolute atomic E-state index is 0.188. The minimum Gasteiger partial charge on any atom is -0.313 e. The second kappa shape index (κ2) is 6.67. The Morgan fingerprint density at radius 3 is 2.48 bits per heavy atom. The van der Waals surface area contributed by atoms with E-state index in [1.165, 1.54) is 0 Å². The Balaban J connectivity index is 1.79. The van der Waals surface area contributed by atoms with Gasteiger partial charge in [-0.1, -0.05) is 29.3 Å². The second-order valence-corrected chi connectivity index (χ2v) is 7.81. The number of thioether (sulfide) groups is 1. The van der Waals surface area contributed by atoms with Crippen molar-refractivity contribution in [1.82, 2.24) is 9.97 Å². The van der Waals surface area contributed by atoms with Gasteiger partial charge in [-0.3, -0.25) is 5.41 Å². The average Bonchev–Trinajstić information content (AvgIpc) is 2.84. The molecule has 0 saturated carbocycles. The van der Waals surface area contributed by atoms with E-state index in [2.05, 4.69) is 16.9 Å². The van der Waals surface area contributed by atoms with E-state index in [1.807, 2.05) is 29.3 Å². The van der Waals surface area contributed by atoms with Gasteiger partial charge in [0.15, 0.2) is 0 Å². The number of halogens is 2. The predicted octanol–water partition coefficient (Wildman–Crippen LogP) is 4.66. The van der Waals surface area contributed by atoms with E-state index >= 15 is 0 Å². The van der Waals surface area contributed by atoms with Crippen molar-refractivity contribution in [3.8, 4) is 0 Å². The van der Waals surface area contributed by atoms with E-state index in [9.17, 15) is 0 Å². The van der Waals surface area contributed by atoms with Gasteiger partial charge in [0.1, 0.15) is 16.1 Å². The van der Waals surface area contributed by atoms with Crippen LogP contribution in [0.1, 0.15) is 18.9 Å². The van der Waals surface area contributed by atoms with Crippen molar-refractivity contribution in [3.05, 3.63) is 52.5 Å². The van der Waals surface area contributed by atoms with E-state index in [1.54, 1.807) is 24.0 Å². The molecule has 23 heavy (non-hydrogen) atoms. The summed E-state index contributed by atoms with van der Waals surface area (Å²) in [7, 11) is 0. The average molecular weight is 367 g/mol. The summed E-state index contributed by atoms with van der Waals surface area (Å²) >= 11 is 13.5. The van der Waals surface area contributed by atoms with Crippen LogP contribution in [0, 0.1) is 5.41 Å². The first-order valence-corrected chi connectivity index (χ1v) is 8.96. The van der Waals surface area contributed by atoms with Crippen LogP contribution in [-0.2, 0) is 6.42 Å². The molecule has 7 heteroatoms. The summed E-state index contributed by atoms with van der Waals surface area (Å²) in [5, 5.41) is 9.24. The topological polar surface area (TPSA) is 52.9 Å². The maximum atomic E-state index is 8.28. The Morgan fingerprint density at radius 1 is 1.17 bits per heavy atom. The van der Waals surface area contributed by atoms with Crippen molar-refractivity contribution in [3.63, 3.8) is 0 Å². The number of amidine groups is 1. The summed E-state index contributed by atoms with van der Waals surface area (Å²) in [5.41, 5.74) is 2.05. The largest absolute Gasteiger partial charge is 0.313 e. The molecule has 1 unspecified atom stereocenters. The molecule has 0 radical (unpaired) electrons. The van der Waals surface area contributed by atoms with Gasteiger partial charge < -0.3 is 4.90 Å². The number of anilines is 1. The molecule has 1 fully saturated rings. The highest BCUT2D eigenvalue weighted by atomic mass is 35.5. The molecule has 1 aliphatic rings. The summed E-state index contributed by atoms with van der Waals surface area (Å²) in [6.45, 7) is 2.16. The molecule has 3 rings (SSSR count). The second-order valence-electron chi connectivity index (χ2n) is 5.57. The van der Waals surface area contributed by atoms with E-state index in [4.69, 9.17) is 28.6 Å². The SMILES string of the molecule is CC1(CCc2ccc(Cl)nc2)SCC(=N)N1c1ccc(Cl)nc1. The number of aromatic nitrogens is 2. The monoisotopic (exact) mass is 366 g/mol. The highest BCUT2D eigenvalue weighted by Crippen LogP contribution is 2.42. The fraction of sp³-hybridized carbons (Fsp3) is 0.312. The summed E-state index contributed by atoms with van der Waals surface area (Å²) in [5.74, 6) is 1.29. The third-order valence-electron chi connectivity index (χ3n) is 3.90. The van der Waals surface area contributed by atoms with Crippen LogP contribution < -0.4 is 4.90 Å². The Labute approximate surface area is 149 Å². The van der Waals surface area contributed by atoms with Gasteiger partial charge in [0.2, 0.25) is 0 Å². The van der Waals surface area contributed by atoms with Crippen LogP contribution in [0.2, 0.25) is 10.3 Å². The molecule has 0 aromatic carbocycles. The molecule has 1 atom stereocenters. The third-order valence-corrected chi connectivity index (χ3v) is 5.77. The van der Waals surface area contributed by atoms with Crippen LogP contribution in [0.5, 0.6) is 0 Å². The lowest BCUT2D eigenvalue weighted by Crippen LogP contribution is -2.42. The number of nitrogens with zero attached hydrogens (tertiary/aromatic N) is 3. The number of hydrogen-bond acceptors (Lipinski definition) is 4. The lowest BCUT2D eigenvalue weighted by atomic mass is 10.1. The molecule has 1 N–H and O–H groups in total. The quantitative estimate of drug-likeness (QED) is 0.799. The summed E-state index contributed by atoms with van der Waals surface area (Å²) < 4.78 is 0. The third kappa shape index (κ3) is 3.62. The molecule has 0 spiro atoms. The zero-order valence-electron chi connectivity index (χ0n) is 12.6. The first-order valence-electron chi connectivity index (χ1n) is 7.21. The van der Waals surface area contributed by atoms with Crippen molar-refractivity contribution in [2.24, 2.45) is 0 Å². The molecule has 1 aliphatic heterocycles. The van der Waals surface area contributed by atoms with Gasteiger partial charge in [-0.15, -0.1) is 11.8 Å². The van der Waals surface area contributed by atoms with Gasteiger partial charge in [-0.2, -0.15) is 0 Å². The highest BCUT2D eigenvalue weighted by Gasteiger charge is 2.41. The number of pyridine rings is 2. The number of hydrogen-bond donors (Lipinski definition) is 1. The smallest absolute Gasteiger partial charge is 0.129 e. The first kappa shape index (κ1) is 16.6. The summed E-state index contributed by atoms with van der Waals surface area (Å²) in [4.78, 5) is 10.1. The zero-order chi connectivity index (χ0) is 16.4. The molecule has 3 heterocycles. The van der Waals surface area contributed by atoms with Crippen molar-refractivity contribution < 1.29 is 0 Å². The fourth-order valence-corrected chi connectivity index (χ4v) is 4.07. The van der Waals surface area contributed by atoms with E-state index in [-0.39, 0.29) is 4.87 Å². The van der Waals surface area contributed by atoms with Gasteiger partial charge in [-0.25, -0.2) is 9.97 Å². The lowest BCUT2D eigenvalue weighted by Gasteiger charge is -2.35. The van der Waals surface area contributed by atoms with Gasteiger partial charge in [0.05, 0.1) is 22.5 Å². The lowest BCUT2D eigenvalue weighted by molar-refractivity contribution is 0.610. The Hall–Kier alpha value is -1.30. The van der Waals surface area contributed by atoms with Crippen LogP contribution >= 0.6 is 35.0 Å². The predicted molar refractivity (Wildman–Crippen MR) is 97.9 cm³/mol. The molecule has 0 aliphatic carbocycles. The van der Waals surface area contributed by atoms with E-state index in [0.29, 0.717) is 21.9 Å². The van der Waals surface area contributed by atoms with Crippen LogP contribution in [0.3, 0.4) is 0 Å². The Bertz CT molecular complexity index is 705.